The number of hydrogen-bond acceptors (Lipinski definition) is 4. The molecule has 1 unspecified atom stereocenters. The summed E-state index contributed by atoms with van der Waals surface area (Å²) in [6.07, 6.45) is 0.246. The maximum Gasteiger partial charge on any atom is 0.324 e. The van der Waals surface area contributed by atoms with Crippen molar-refractivity contribution >= 4 is 17.8 Å². The SMILES string of the molecule is CC(Oc1ccccc1)C(=O)N1CCC2(CC1)NC(=O)N(C)C2=O. The van der Waals surface area contributed by atoms with E-state index in [0.717, 1.165) is 4.90 Å². The van der Waals surface area contributed by atoms with Crippen molar-refractivity contribution in [3.8, 4) is 5.75 Å². The Morgan fingerprint density at radius 2 is 1.83 bits per heavy atom. The number of ether oxygens (including phenoxy) is 1. The molecule has 1 aromatic carbocycles. The quantitative estimate of drug-likeness (QED) is 0.838. The van der Waals surface area contributed by atoms with E-state index in [-0.39, 0.29) is 17.8 Å². The predicted molar refractivity (Wildman–Crippen MR) is 86.4 cm³/mol. The van der Waals surface area contributed by atoms with Gasteiger partial charge in [0.1, 0.15) is 11.3 Å². The molecule has 1 aromatic rings. The van der Waals surface area contributed by atoms with Gasteiger partial charge in [-0.05, 0) is 31.9 Å². The van der Waals surface area contributed by atoms with Gasteiger partial charge in [0.25, 0.3) is 11.8 Å². The van der Waals surface area contributed by atoms with Crippen LogP contribution in [0.2, 0.25) is 0 Å². The van der Waals surface area contributed by atoms with Crippen molar-refractivity contribution in [1.82, 2.24) is 15.1 Å². The number of benzene rings is 1. The van der Waals surface area contributed by atoms with Crippen LogP contribution >= 0.6 is 0 Å². The predicted octanol–water partition coefficient (Wildman–Crippen LogP) is 0.997. The summed E-state index contributed by atoms with van der Waals surface area (Å²) in [6.45, 7) is 2.55. The molecule has 7 nitrogen and oxygen atoms in total. The number of rotatable bonds is 3. The number of carbonyl (C=O) groups excluding carboxylic acids is 3. The number of amides is 4. The number of nitrogens with zero attached hydrogens (tertiary/aromatic N) is 2. The molecule has 1 spiro atoms. The fourth-order valence-corrected chi connectivity index (χ4v) is 3.21. The number of hydrogen-bond donors (Lipinski definition) is 1. The highest BCUT2D eigenvalue weighted by molar-refractivity contribution is 6.06. The number of nitrogens with one attached hydrogen (secondary N) is 1. The van der Waals surface area contributed by atoms with E-state index in [2.05, 4.69) is 5.32 Å². The standard InChI is InChI=1S/C17H21N3O4/c1-12(24-13-6-4-3-5-7-13)14(21)20-10-8-17(9-11-20)15(22)19(2)16(23)18-17/h3-7,12H,8-11H2,1-2H3,(H,18,23). The molecule has 2 heterocycles. The van der Waals surface area contributed by atoms with Crippen molar-refractivity contribution in [1.29, 1.82) is 0 Å². The number of para-hydroxylation sites is 1. The molecule has 1 N–H and O–H groups in total. The van der Waals surface area contributed by atoms with Crippen LogP contribution in [0.15, 0.2) is 30.3 Å². The minimum Gasteiger partial charge on any atom is -0.481 e. The van der Waals surface area contributed by atoms with Gasteiger partial charge >= 0.3 is 6.03 Å². The van der Waals surface area contributed by atoms with Gasteiger partial charge in [0.15, 0.2) is 6.10 Å². The molecule has 2 aliphatic heterocycles. The van der Waals surface area contributed by atoms with Crippen LogP contribution in [0.5, 0.6) is 5.75 Å². The van der Waals surface area contributed by atoms with E-state index in [1.165, 1.54) is 7.05 Å². The fourth-order valence-electron chi connectivity index (χ4n) is 3.21. The highest BCUT2D eigenvalue weighted by Crippen LogP contribution is 2.29. The average Bonchev–Trinajstić information content (AvgIpc) is 2.80. The summed E-state index contributed by atoms with van der Waals surface area (Å²) in [4.78, 5) is 39.3. The maximum atomic E-state index is 12.5. The van der Waals surface area contributed by atoms with Gasteiger partial charge in [-0.25, -0.2) is 4.79 Å². The summed E-state index contributed by atoms with van der Waals surface area (Å²) in [7, 11) is 1.47. The molecular formula is C17H21N3O4. The molecule has 4 amide bonds. The third-order valence-electron chi connectivity index (χ3n) is 4.70. The van der Waals surface area contributed by atoms with Crippen molar-refractivity contribution in [3.05, 3.63) is 30.3 Å². The number of likely N-dealkylation sites (N-methyl/N-ethyl adjacent to an activating group) is 1. The maximum absolute atomic E-state index is 12.5. The number of carbonyl (C=O) groups is 3. The highest BCUT2D eigenvalue weighted by atomic mass is 16.5. The molecule has 0 radical (unpaired) electrons. The first-order valence-corrected chi connectivity index (χ1v) is 8.04. The summed E-state index contributed by atoms with van der Waals surface area (Å²) >= 11 is 0. The number of urea groups is 1. The van der Waals surface area contributed by atoms with Gasteiger partial charge in [-0.2, -0.15) is 0 Å². The second-order valence-electron chi connectivity index (χ2n) is 6.27. The molecule has 3 rings (SSSR count). The van der Waals surface area contributed by atoms with Gasteiger partial charge in [-0.15, -0.1) is 0 Å². The van der Waals surface area contributed by atoms with E-state index in [1.54, 1.807) is 24.0 Å². The molecule has 2 aliphatic rings. The Kier molecular flexibility index (Phi) is 4.17. The molecule has 0 aromatic heterocycles. The van der Waals surface area contributed by atoms with Crippen molar-refractivity contribution in [2.24, 2.45) is 0 Å². The lowest BCUT2D eigenvalue weighted by molar-refractivity contribution is -0.142. The summed E-state index contributed by atoms with van der Waals surface area (Å²) in [5.74, 6) is 0.318. The van der Waals surface area contributed by atoms with E-state index < -0.39 is 11.6 Å². The first-order valence-electron chi connectivity index (χ1n) is 8.04. The van der Waals surface area contributed by atoms with E-state index >= 15 is 0 Å². The van der Waals surface area contributed by atoms with Crippen LogP contribution in [0, 0.1) is 0 Å². The Morgan fingerprint density at radius 3 is 2.38 bits per heavy atom. The van der Waals surface area contributed by atoms with Crippen LogP contribution in [0.4, 0.5) is 4.79 Å². The Balaban J connectivity index is 1.59. The summed E-state index contributed by atoms with van der Waals surface area (Å²) < 4.78 is 5.67. The second-order valence-corrected chi connectivity index (χ2v) is 6.27. The zero-order chi connectivity index (χ0) is 17.3. The van der Waals surface area contributed by atoms with E-state index in [4.69, 9.17) is 4.74 Å². The monoisotopic (exact) mass is 331 g/mol. The smallest absolute Gasteiger partial charge is 0.324 e. The van der Waals surface area contributed by atoms with Crippen LogP contribution in [-0.2, 0) is 9.59 Å². The molecule has 0 aliphatic carbocycles. The normalized spacial score (nSPS) is 20.9. The van der Waals surface area contributed by atoms with Gasteiger partial charge in [0.2, 0.25) is 0 Å². The Bertz CT molecular complexity index is 653. The van der Waals surface area contributed by atoms with Crippen LogP contribution in [0.1, 0.15) is 19.8 Å². The first kappa shape index (κ1) is 16.3. The molecule has 128 valence electrons. The summed E-state index contributed by atoms with van der Waals surface area (Å²) in [5, 5.41) is 2.77. The molecule has 24 heavy (non-hydrogen) atoms. The highest BCUT2D eigenvalue weighted by Gasteiger charge is 2.51. The number of likely N-dealkylation sites (tertiary alicyclic amines) is 1. The number of piperidine rings is 1. The molecular weight excluding hydrogens is 310 g/mol. The third-order valence-corrected chi connectivity index (χ3v) is 4.70. The summed E-state index contributed by atoms with van der Waals surface area (Å²) in [6, 6.07) is 8.81. The van der Waals surface area contributed by atoms with Crippen LogP contribution < -0.4 is 10.1 Å². The lowest BCUT2D eigenvalue weighted by Gasteiger charge is -2.38. The van der Waals surface area contributed by atoms with Crippen molar-refractivity contribution < 1.29 is 19.1 Å². The van der Waals surface area contributed by atoms with Gasteiger partial charge < -0.3 is 15.0 Å². The van der Waals surface area contributed by atoms with Gasteiger partial charge in [-0.3, -0.25) is 14.5 Å². The van der Waals surface area contributed by atoms with E-state index in [1.807, 2.05) is 18.2 Å². The van der Waals surface area contributed by atoms with Crippen LogP contribution in [0.25, 0.3) is 0 Å². The van der Waals surface area contributed by atoms with Crippen molar-refractivity contribution in [3.63, 3.8) is 0 Å². The molecule has 2 fully saturated rings. The lowest BCUT2D eigenvalue weighted by atomic mass is 9.87. The van der Waals surface area contributed by atoms with Crippen molar-refractivity contribution in [2.45, 2.75) is 31.4 Å². The average molecular weight is 331 g/mol. The van der Waals surface area contributed by atoms with Gasteiger partial charge in [0, 0.05) is 20.1 Å². The largest absolute Gasteiger partial charge is 0.481 e. The lowest BCUT2D eigenvalue weighted by Crippen LogP contribution is -2.57. The molecule has 0 bridgehead atoms. The number of imide groups is 1. The summed E-state index contributed by atoms with van der Waals surface area (Å²) in [5.41, 5.74) is -0.855. The third kappa shape index (κ3) is 2.81. The first-order chi connectivity index (χ1) is 11.4. The van der Waals surface area contributed by atoms with Gasteiger partial charge in [-0.1, -0.05) is 18.2 Å². The van der Waals surface area contributed by atoms with Gasteiger partial charge in [0.05, 0.1) is 0 Å². The van der Waals surface area contributed by atoms with Crippen molar-refractivity contribution in [2.75, 3.05) is 20.1 Å². The minimum atomic E-state index is -0.855. The zero-order valence-electron chi connectivity index (χ0n) is 13.8. The second kappa shape index (κ2) is 6.14. The Labute approximate surface area is 140 Å². The molecule has 2 saturated heterocycles. The van der Waals surface area contributed by atoms with Crippen LogP contribution in [0.3, 0.4) is 0 Å². The zero-order valence-corrected chi connectivity index (χ0v) is 13.8. The Morgan fingerprint density at radius 1 is 1.21 bits per heavy atom. The molecule has 7 heteroatoms. The minimum absolute atomic E-state index is 0.112. The fraction of sp³-hybridized carbons (Fsp3) is 0.471. The van der Waals surface area contributed by atoms with Crippen LogP contribution in [-0.4, -0.2) is 59.4 Å². The Hall–Kier alpha value is -2.57. The molecule has 0 saturated carbocycles. The van der Waals surface area contributed by atoms with E-state index in [0.29, 0.717) is 31.7 Å². The molecule has 1 atom stereocenters. The topological polar surface area (TPSA) is 79.0 Å². The van der Waals surface area contributed by atoms with E-state index in [9.17, 15) is 14.4 Å².